The smallest absolute Gasteiger partial charge is 0.328 e. The Bertz CT molecular complexity index is 1280. The fourth-order valence-corrected chi connectivity index (χ4v) is 6.25. The third-order valence-corrected chi connectivity index (χ3v) is 7.88. The number of nitrogens with zero attached hydrogens (tertiary/aromatic N) is 1. The van der Waals surface area contributed by atoms with Crippen molar-refractivity contribution in [3.05, 3.63) is 101 Å². The van der Waals surface area contributed by atoms with E-state index in [4.69, 9.17) is 16.3 Å². The number of benzene rings is 3. The molecule has 160 valence electrons. The molecule has 3 aromatic carbocycles. The fourth-order valence-electron chi connectivity index (χ4n) is 6.12. The van der Waals surface area contributed by atoms with Crippen LogP contribution in [0.5, 0.6) is 5.75 Å². The van der Waals surface area contributed by atoms with Crippen LogP contribution in [0.2, 0.25) is 5.02 Å². The van der Waals surface area contributed by atoms with Crippen molar-refractivity contribution in [2.75, 3.05) is 0 Å². The van der Waals surface area contributed by atoms with E-state index < -0.39 is 34.3 Å². The third-order valence-electron chi connectivity index (χ3n) is 7.63. The molecule has 1 aliphatic carbocycles. The molecule has 0 radical (unpaired) electrons. The average molecular weight is 446 g/mol. The average Bonchev–Trinajstić information content (AvgIpc) is 3.37. The third kappa shape index (κ3) is 2.04. The number of amides is 1. The highest BCUT2D eigenvalue weighted by Gasteiger charge is 2.96. The number of hydrogen-bond acceptors (Lipinski definition) is 4. The molecule has 1 N–H and O–H groups in total. The van der Waals surface area contributed by atoms with Crippen LogP contribution in [0.1, 0.15) is 29.5 Å². The number of para-hydroxylation sites is 1. The number of hydrogen-bond donors (Lipinski definition) is 1. The van der Waals surface area contributed by atoms with E-state index in [1.165, 1.54) is 4.90 Å². The summed E-state index contributed by atoms with van der Waals surface area (Å²) >= 11 is 6.11. The molecule has 0 bridgehead atoms. The molecule has 4 unspecified atom stereocenters. The van der Waals surface area contributed by atoms with E-state index in [1.807, 2.05) is 49.4 Å². The van der Waals surface area contributed by atoms with E-state index in [2.05, 4.69) is 0 Å². The number of carbonyl (C=O) groups excluding carboxylic acids is 2. The number of fused-ring (bicyclic) bond motifs is 3. The molecule has 3 aromatic rings. The summed E-state index contributed by atoms with van der Waals surface area (Å²) in [4.78, 5) is 28.8. The van der Waals surface area contributed by atoms with Crippen LogP contribution >= 0.6 is 11.6 Å². The summed E-state index contributed by atoms with van der Waals surface area (Å²) in [5, 5.41) is 13.0. The Labute approximate surface area is 190 Å². The van der Waals surface area contributed by atoms with Gasteiger partial charge in [0.1, 0.15) is 5.75 Å². The van der Waals surface area contributed by atoms with Crippen LogP contribution in [0.25, 0.3) is 0 Å². The number of aliphatic hydroxyl groups is 1. The van der Waals surface area contributed by atoms with E-state index >= 15 is 0 Å². The van der Waals surface area contributed by atoms with E-state index in [0.29, 0.717) is 16.3 Å². The number of ether oxygens (including phenoxy) is 1. The lowest BCUT2D eigenvalue weighted by atomic mass is 9.82. The molecule has 2 aliphatic heterocycles. The molecule has 32 heavy (non-hydrogen) atoms. The lowest BCUT2D eigenvalue weighted by Crippen LogP contribution is -2.51. The summed E-state index contributed by atoms with van der Waals surface area (Å²) in [5.74, 6) is -1.04. The molecule has 2 heterocycles. The molecule has 1 spiro atoms. The van der Waals surface area contributed by atoms with Gasteiger partial charge in [-0.2, -0.15) is 0 Å². The summed E-state index contributed by atoms with van der Waals surface area (Å²) in [6.07, 6.45) is 0. The van der Waals surface area contributed by atoms with Gasteiger partial charge in [-0.15, -0.1) is 0 Å². The maximum atomic E-state index is 14.0. The van der Waals surface area contributed by atoms with Gasteiger partial charge in [-0.3, -0.25) is 9.59 Å². The summed E-state index contributed by atoms with van der Waals surface area (Å²) in [5.41, 5.74) is -2.16. The Morgan fingerprint density at radius 1 is 0.969 bits per heavy atom. The first-order valence-electron chi connectivity index (χ1n) is 10.5. The van der Waals surface area contributed by atoms with Crippen LogP contribution in [-0.4, -0.2) is 21.9 Å². The van der Waals surface area contributed by atoms with Crippen molar-refractivity contribution in [1.29, 1.82) is 0 Å². The standard InChI is InChI=1S/C26H20ClNO4/c1-24-21-19-9-5-6-10-20(19)32-23(30)25(21,24)22(29)28(15-16-7-3-2-4-8-16)26(24,31)17-11-13-18(27)14-12-17/h2-14,21,31H,15H2,1H3. The second kappa shape index (κ2) is 6.21. The monoisotopic (exact) mass is 445 g/mol. The predicted octanol–water partition coefficient (Wildman–Crippen LogP) is 4.24. The van der Waals surface area contributed by atoms with Gasteiger partial charge >= 0.3 is 5.97 Å². The van der Waals surface area contributed by atoms with Gasteiger partial charge in [0.05, 0.1) is 5.41 Å². The van der Waals surface area contributed by atoms with Gasteiger partial charge in [-0.1, -0.05) is 79.2 Å². The molecule has 3 aliphatic rings. The summed E-state index contributed by atoms with van der Waals surface area (Å²) in [7, 11) is 0. The minimum atomic E-state index is -1.73. The number of piperidine rings is 1. The van der Waals surface area contributed by atoms with Crippen molar-refractivity contribution in [2.24, 2.45) is 10.8 Å². The minimum absolute atomic E-state index is 0.164. The van der Waals surface area contributed by atoms with Gasteiger partial charge in [0.15, 0.2) is 11.1 Å². The zero-order chi connectivity index (χ0) is 22.3. The fraction of sp³-hybridized carbons (Fsp3) is 0.231. The zero-order valence-corrected chi connectivity index (χ0v) is 18.0. The van der Waals surface area contributed by atoms with Gasteiger partial charge in [0.25, 0.3) is 0 Å². The van der Waals surface area contributed by atoms with Crippen LogP contribution < -0.4 is 4.74 Å². The maximum Gasteiger partial charge on any atom is 0.328 e. The Morgan fingerprint density at radius 3 is 2.34 bits per heavy atom. The predicted molar refractivity (Wildman–Crippen MR) is 118 cm³/mol. The largest absolute Gasteiger partial charge is 0.425 e. The van der Waals surface area contributed by atoms with Crippen LogP contribution in [0.4, 0.5) is 0 Å². The van der Waals surface area contributed by atoms with Crippen molar-refractivity contribution < 1.29 is 19.4 Å². The number of halogens is 1. The van der Waals surface area contributed by atoms with Crippen molar-refractivity contribution in [3.8, 4) is 5.75 Å². The number of carbonyl (C=O) groups is 2. The van der Waals surface area contributed by atoms with Gasteiger partial charge in [0, 0.05) is 28.6 Å². The molecule has 6 rings (SSSR count). The number of likely N-dealkylation sites (tertiary alicyclic amines) is 1. The number of rotatable bonds is 3. The van der Waals surface area contributed by atoms with E-state index in [0.717, 1.165) is 11.1 Å². The first-order chi connectivity index (χ1) is 15.4. The highest BCUT2D eigenvalue weighted by atomic mass is 35.5. The minimum Gasteiger partial charge on any atom is -0.425 e. The highest BCUT2D eigenvalue weighted by molar-refractivity contribution is 6.30. The number of esters is 1. The lowest BCUT2D eigenvalue weighted by Gasteiger charge is -2.41. The molecular weight excluding hydrogens is 426 g/mol. The molecular formula is C26H20ClNO4. The van der Waals surface area contributed by atoms with Crippen molar-refractivity contribution in [2.45, 2.75) is 25.1 Å². The lowest BCUT2D eigenvalue weighted by molar-refractivity contribution is -0.169. The molecule has 6 heteroatoms. The van der Waals surface area contributed by atoms with Crippen LogP contribution in [0, 0.1) is 10.8 Å². The highest BCUT2D eigenvalue weighted by Crippen LogP contribution is 2.86. The Hall–Kier alpha value is -3.15. The summed E-state index contributed by atoms with van der Waals surface area (Å²) in [6.45, 7) is 1.98. The molecule has 4 atom stereocenters. The van der Waals surface area contributed by atoms with Crippen LogP contribution in [0.15, 0.2) is 78.9 Å². The van der Waals surface area contributed by atoms with E-state index in [1.54, 1.807) is 36.4 Å². The topological polar surface area (TPSA) is 66.8 Å². The zero-order valence-electron chi connectivity index (χ0n) is 17.3. The van der Waals surface area contributed by atoms with E-state index in [-0.39, 0.29) is 6.54 Å². The first-order valence-corrected chi connectivity index (χ1v) is 10.9. The van der Waals surface area contributed by atoms with Crippen molar-refractivity contribution in [3.63, 3.8) is 0 Å². The Balaban J connectivity index is 1.58. The van der Waals surface area contributed by atoms with Gasteiger partial charge < -0.3 is 14.7 Å². The quantitative estimate of drug-likeness (QED) is 0.372. The maximum absolute atomic E-state index is 14.0. The molecule has 2 fully saturated rings. The second-order valence-electron chi connectivity index (χ2n) is 8.93. The van der Waals surface area contributed by atoms with Crippen LogP contribution in [0.3, 0.4) is 0 Å². The molecule has 1 saturated heterocycles. The van der Waals surface area contributed by atoms with Crippen molar-refractivity contribution in [1.82, 2.24) is 4.90 Å². The van der Waals surface area contributed by atoms with Gasteiger partial charge in [-0.05, 0) is 23.8 Å². The van der Waals surface area contributed by atoms with Crippen molar-refractivity contribution >= 4 is 23.5 Å². The Kier molecular flexibility index (Phi) is 3.79. The normalized spacial score (nSPS) is 32.1. The molecule has 1 amide bonds. The second-order valence-corrected chi connectivity index (χ2v) is 9.36. The van der Waals surface area contributed by atoms with Crippen LogP contribution in [-0.2, 0) is 21.9 Å². The summed E-state index contributed by atoms with van der Waals surface area (Å²) in [6, 6.07) is 23.5. The Morgan fingerprint density at radius 2 is 1.62 bits per heavy atom. The first kappa shape index (κ1) is 19.5. The summed E-state index contributed by atoms with van der Waals surface area (Å²) < 4.78 is 5.65. The van der Waals surface area contributed by atoms with E-state index in [9.17, 15) is 14.7 Å². The molecule has 5 nitrogen and oxygen atoms in total. The SMILES string of the molecule is CC12C3c4ccccc4OC(=O)C31C(=O)N(Cc1ccccc1)C2(O)c1ccc(Cl)cc1. The molecule has 1 saturated carbocycles. The van der Waals surface area contributed by atoms with Gasteiger partial charge in [0.2, 0.25) is 5.91 Å². The molecule has 0 aromatic heterocycles. The van der Waals surface area contributed by atoms with Gasteiger partial charge in [-0.25, -0.2) is 0 Å².